The number of hydrogen-bond acceptors (Lipinski definition) is 5. The lowest BCUT2D eigenvalue weighted by Crippen LogP contribution is -2.51. The lowest BCUT2D eigenvalue weighted by molar-refractivity contribution is -0.131. The highest BCUT2D eigenvalue weighted by Gasteiger charge is 2.22. The van der Waals surface area contributed by atoms with Crippen LogP contribution in [0.15, 0.2) is 59.5 Å². The highest BCUT2D eigenvalue weighted by Crippen LogP contribution is 2.19. The van der Waals surface area contributed by atoms with E-state index in [9.17, 15) is 9.59 Å². The van der Waals surface area contributed by atoms with Crippen molar-refractivity contribution in [2.75, 3.05) is 64.5 Å². The minimum atomic E-state index is -0.0575. The molecule has 40 heavy (non-hydrogen) atoms. The molecule has 218 valence electrons. The Morgan fingerprint density at radius 3 is 2.42 bits per heavy atom. The van der Waals surface area contributed by atoms with Gasteiger partial charge in [0.2, 0.25) is 5.91 Å². The number of benzene rings is 2. The van der Waals surface area contributed by atoms with E-state index in [2.05, 4.69) is 23.2 Å². The lowest BCUT2D eigenvalue weighted by Gasteiger charge is -2.35. The van der Waals surface area contributed by atoms with E-state index in [1.165, 1.54) is 24.2 Å². The van der Waals surface area contributed by atoms with E-state index in [1.807, 2.05) is 70.7 Å². The highest BCUT2D eigenvalue weighted by atomic mass is 32.2. The zero-order valence-electron chi connectivity index (χ0n) is 24.4. The number of para-hydroxylation sites is 1. The first-order valence-corrected chi connectivity index (χ1v) is 15.8. The maximum Gasteiger partial charge on any atom is 0.321 e. The predicted octanol–water partition coefficient (Wildman–Crippen LogP) is 6.47. The summed E-state index contributed by atoms with van der Waals surface area (Å²) in [5, 5.41) is 3.01. The minimum Gasteiger partial charge on any atom is -0.496 e. The van der Waals surface area contributed by atoms with Gasteiger partial charge in [-0.05, 0) is 43.0 Å². The predicted molar refractivity (Wildman–Crippen MR) is 167 cm³/mol. The van der Waals surface area contributed by atoms with E-state index < -0.39 is 0 Å². The van der Waals surface area contributed by atoms with Crippen molar-refractivity contribution in [2.45, 2.75) is 50.3 Å². The first kappa shape index (κ1) is 31.6. The fraction of sp³-hybridized carbons (Fsp3) is 0.500. The van der Waals surface area contributed by atoms with E-state index in [0.29, 0.717) is 32.6 Å². The second kappa shape index (κ2) is 17.7. The molecule has 2 aromatic rings. The number of nitrogens with zero attached hydrogens (tertiary/aromatic N) is 3. The van der Waals surface area contributed by atoms with Crippen molar-refractivity contribution in [3.63, 3.8) is 0 Å². The first-order chi connectivity index (χ1) is 19.5. The van der Waals surface area contributed by atoms with Crippen molar-refractivity contribution in [2.24, 2.45) is 0 Å². The second-order valence-electron chi connectivity index (χ2n) is 10.1. The van der Waals surface area contributed by atoms with Crippen molar-refractivity contribution < 1.29 is 14.3 Å². The van der Waals surface area contributed by atoms with Gasteiger partial charge in [0.1, 0.15) is 5.75 Å². The van der Waals surface area contributed by atoms with Crippen LogP contribution in [0.5, 0.6) is 5.75 Å². The lowest BCUT2D eigenvalue weighted by atomic mass is 10.1. The van der Waals surface area contributed by atoms with Crippen LogP contribution in [-0.2, 0) is 4.79 Å². The first-order valence-electron chi connectivity index (χ1n) is 14.5. The maximum absolute atomic E-state index is 13.2. The summed E-state index contributed by atoms with van der Waals surface area (Å²) in [5.74, 6) is 1.04. The number of anilines is 1. The number of urea groups is 1. The molecule has 0 radical (unpaired) electrons. The summed E-state index contributed by atoms with van der Waals surface area (Å²) in [6, 6.07) is 15.8. The number of amides is 3. The SMILES string of the molecule is CCCCCCCC(=O)N(C/C=C/c1ccccc1OC)CCN1CCN(C(=O)Nc2ccc(SC)cc2)CC1. The molecule has 1 saturated heterocycles. The maximum atomic E-state index is 13.2. The molecular formula is C32H46N4O3S. The summed E-state index contributed by atoms with van der Waals surface area (Å²) in [5.41, 5.74) is 1.82. The third-order valence-corrected chi connectivity index (χ3v) is 8.04. The molecule has 1 heterocycles. The van der Waals surface area contributed by atoms with E-state index in [0.717, 1.165) is 49.5 Å². The van der Waals surface area contributed by atoms with Crippen LogP contribution < -0.4 is 10.1 Å². The van der Waals surface area contributed by atoms with Crippen LogP contribution in [0.4, 0.5) is 10.5 Å². The summed E-state index contributed by atoms with van der Waals surface area (Å²) in [6.45, 7) is 7.21. The molecular weight excluding hydrogens is 520 g/mol. The molecule has 2 aromatic carbocycles. The minimum absolute atomic E-state index is 0.0575. The summed E-state index contributed by atoms with van der Waals surface area (Å²) in [4.78, 5) is 33.3. The number of carbonyl (C=O) groups is 2. The van der Waals surface area contributed by atoms with Crippen molar-refractivity contribution in [3.05, 3.63) is 60.2 Å². The van der Waals surface area contributed by atoms with Gasteiger partial charge in [0.05, 0.1) is 7.11 Å². The normalized spacial score (nSPS) is 13.9. The van der Waals surface area contributed by atoms with E-state index in [4.69, 9.17) is 4.74 Å². The summed E-state index contributed by atoms with van der Waals surface area (Å²) in [6.07, 6.45) is 12.4. The molecule has 7 nitrogen and oxygen atoms in total. The molecule has 0 aromatic heterocycles. The fourth-order valence-corrected chi connectivity index (χ4v) is 5.19. The van der Waals surface area contributed by atoms with Crippen LogP contribution in [-0.4, -0.2) is 85.8 Å². The average Bonchev–Trinajstić information content (AvgIpc) is 2.99. The molecule has 3 amide bonds. The number of nitrogens with one attached hydrogen (secondary N) is 1. The monoisotopic (exact) mass is 566 g/mol. The molecule has 1 aliphatic heterocycles. The van der Waals surface area contributed by atoms with Crippen LogP contribution in [0.3, 0.4) is 0 Å². The Bertz CT molecular complexity index is 1070. The molecule has 0 aliphatic carbocycles. The van der Waals surface area contributed by atoms with Crippen molar-refractivity contribution in [1.82, 2.24) is 14.7 Å². The van der Waals surface area contributed by atoms with Crippen molar-refractivity contribution in [1.29, 1.82) is 0 Å². The van der Waals surface area contributed by atoms with Crippen LogP contribution >= 0.6 is 11.8 Å². The Hall–Kier alpha value is -2.97. The van der Waals surface area contributed by atoms with Gasteiger partial charge < -0.3 is 19.9 Å². The number of thioether (sulfide) groups is 1. The second-order valence-corrected chi connectivity index (χ2v) is 11.0. The number of ether oxygens (including phenoxy) is 1. The molecule has 0 saturated carbocycles. The zero-order valence-corrected chi connectivity index (χ0v) is 25.3. The Balaban J connectivity index is 1.49. The Morgan fingerprint density at radius 2 is 1.73 bits per heavy atom. The van der Waals surface area contributed by atoms with Gasteiger partial charge in [-0.25, -0.2) is 4.79 Å². The smallest absolute Gasteiger partial charge is 0.321 e. The number of carbonyl (C=O) groups excluding carboxylic acids is 2. The van der Waals surface area contributed by atoms with Gasteiger partial charge in [0.15, 0.2) is 0 Å². The Morgan fingerprint density at radius 1 is 1.00 bits per heavy atom. The molecule has 1 fully saturated rings. The molecule has 0 atom stereocenters. The third-order valence-electron chi connectivity index (χ3n) is 7.30. The third kappa shape index (κ3) is 10.5. The molecule has 1 N–H and O–H groups in total. The Kier molecular flexibility index (Phi) is 13.9. The van der Waals surface area contributed by atoms with Gasteiger partial charge in [-0.2, -0.15) is 0 Å². The number of unbranched alkanes of at least 4 members (excludes halogenated alkanes) is 4. The Labute approximate surface area is 244 Å². The van der Waals surface area contributed by atoms with E-state index in [-0.39, 0.29) is 11.9 Å². The topological polar surface area (TPSA) is 65.1 Å². The molecule has 8 heteroatoms. The number of rotatable bonds is 15. The average molecular weight is 567 g/mol. The molecule has 3 rings (SSSR count). The molecule has 1 aliphatic rings. The van der Waals surface area contributed by atoms with E-state index >= 15 is 0 Å². The fourth-order valence-electron chi connectivity index (χ4n) is 4.78. The largest absolute Gasteiger partial charge is 0.496 e. The number of hydrogen-bond donors (Lipinski definition) is 1. The van der Waals surface area contributed by atoms with Crippen molar-refractivity contribution in [3.8, 4) is 5.75 Å². The van der Waals surface area contributed by atoms with Crippen molar-refractivity contribution >= 4 is 35.5 Å². The quantitative estimate of drug-likeness (QED) is 0.198. The summed E-state index contributed by atoms with van der Waals surface area (Å²) >= 11 is 1.68. The van der Waals surface area contributed by atoms with Gasteiger partial charge >= 0.3 is 6.03 Å². The number of methoxy groups -OCH3 is 1. The van der Waals surface area contributed by atoms with Crippen LogP contribution in [0.25, 0.3) is 6.08 Å². The molecule has 0 bridgehead atoms. The van der Waals surface area contributed by atoms with Crippen LogP contribution in [0, 0.1) is 0 Å². The van der Waals surface area contributed by atoms with Gasteiger partial charge in [-0.1, -0.05) is 63.0 Å². The van der Waals surface area contributed by atoms with Crippen LogP contribution in [0.1, 0.15) is 51.0 Å². The summed E-state index contributed by atoms with van der Waals surface area (Å²) < 4.78 is 5.46. The zero-order chi connectivity index (χ0) is 28.6. The van der Waals surface area contributed by atoms with Crippen LogP contribution in [0.2, 0.25) is 0 Å². The van der Waals surface area contributed by atoms with Gasteiger partial charge in [0, 0.05) is 68.4 Å². The molecule has 0 spiro atoms. The summed E-state index contributed by atoms with van der Waals surface area (Å²) in [7, 11) is 1.67. The standard InChI is InChI=1S/C32H46N4O3S/c1-4-5-6-7-8-15-31(37)35(20-11-13-27-12-9-10-14-30(27)39-2)24-21-34-22-25-36(26-23-34)32(38)33-28-16-18-29(40-3)19-17-28/h9-14,16-19H,4-8,15,20-26H2,1-3H3,(H,33,38)/b13-11+. The number of piperazine rings is 1. The van der Waals surface area contributed by atoms with E-state index in [1.54, 1.807) is 18.9 Å². The molecule has 0 unspecified atom stereocenters. The van der Waals surface area contributed by atoms with Gasteiger partial charge in [-0.3, -0.25) is 9.69 Å². The van der Waals surface area contributed by atoms with Gasteiger partial charge in [-0.15, -0.1) is 11.8 Å². The van der Waals surface area contributed by atoms with Gasteiger partial charge in [0.25, 0.3) is 0 Å². The highest BCUT2D eigenvalue weighted by molar-refractivity contribution is 7.98.